The van der Waals surface area contributed by atoms with Crippen molar-refractivity contribution < 1.29 is 19.7 Å². The van der Waals surface area contributed by atoms with Gasteiger partial charge in [-0.2, -0.15) is 0 Å². The van der Waals surface area contributed by atoms with Gasteiger partial charge in [0.15, 0.2) is 0 Å². The third-order valence-corrected chi connectivity index (χ3v) is 11.7. The van der Waals surface area contributed by atoms with Gasteiger partial charge in [-0.25, -0.2) is 4.79 Å². The fraction of sp³-hybridized carbons (Fsp3) is 0.727. The van der Waals surface area contributed by atoms with Gasteiger partial charge in [-0.05, 0) is 116 Å². The highest BCUT2D eigenvalue weighted by Crippen LogP contribution is 2.68. The van der Waals surface area contributed by atoms with E-state index in [0.717, 1.165) is 37.7 Å². The number of hydrogen-bond acceptors (Lipinski definition) is 4. The average molecular weight is 524 g/mol. The third kappa shape index (κ3) is 5.30. The number of ether oxygens (including phenoxy) is 1. The Morgan fingerprint density at radius 2 is 1.79 bits per heavy atom. The van der Waals surface area contributed by atoms with Gasteiger partial charge >= 0.3 is 6.09 Å². The molecule has 5 heteroatoms. The summed E-state index contributed by atoms with van der Waals surface area (Å²) in [5.41, 5.74) is 1.63. The van der Waals surface area contributed by atoms with Crippen molar-refractivity contribution in [2.24, 2.45) is 46.3 Å². The van der Waals surface area contributed by atoms with Crippen molar-refractivity contribution in [3.8, 4) is 0 Å². The molecule has 4 aliphatic rings. The Bertz CT molecular complexity index is 980. The van der Waals surface area contributed by atoms with E-state index in [4.69, 9.17) is 4.74 Å². The van der Waals surface area contributed by atoms with Crippen molar-refractivity contribution in [1.29, 1.82) is 0 Å². The second-order valence-electron chi connectivity index (χ2n) is 13.6. The first-order valence-electron chi connectivity index (χ1n) is 15.2. The van der Waals surface area contributed by atoms with E-state index in [1.165, 1.54) is 25.7 Å². The van der Waals surface area contributed by atoms with E-state index < -0.39 is 0 Å². The van der Waals surface area contributed by atoms with Crippen LogP contribution in [0.1, 0.15) is 84.1 Å². The summed E-state index contributed by atoms with van der Waals surface area (Å²) in [7, 11) is 0. The minimum Gasteiger partial charge on any atom is -0.445 e. The average Bonchev–Trinajstić information content (AvgIpc) is 3.25. The Labute approximate surface area is 229 Å². The molecule has 1 amide bonds. The number of carbonyl (C=O) groups excluding carboxylic acids is 1. The van der Waals surface area contributed by atoms with Gasteiger partial charge < -0.3 is 20.3 Å². The predicted molar refractivity (Wildman–Crippen MR) is 151 cm³/mol. The van der Waals surface area contributed by atoms with E-state index in [-0.39, 0.29) is 35.7 Å². The van der Waals surface area contributed by atoms with Crippen molar-refractivity contribution in [3.63, 3.8) is 0 Å². The topological polar surface area (TPSA) is 78.8 Å². The molecule has 0 bridgehead atoms. The highest BCUT2D eigenvalue weighted by Gasteiger charge is 2.62. The number of benzene rings is 1. The fourth-order valence-electron chi connectivity index (χ4n) is 9.70. The molecule has 4 fully saturated rings. The zero-order valence-electron chi connectivity index (χ0n) is 23.6. The fourth-order valence-corrected chi connectivity index (χ4v) is 9.70. The van der Waals surface area contributed by atoms with Crippen molar-refractivity contribution >= 4 is 12.2 Å². The van der Waals surface area contributed by atoms with Crippen molar-refractivity contribution in [3.05, 3.63) is 42.0 Å². The van der Waals surface area contributed by atoms with Gasteiger partial charge in [-0.15, -0.1) is 0 Å². The molecule has 38 heavy (non-hydrogen) atoms. The lowest BCUT2D eigenvalue weighted by molar-refractivity contribution is -0.174. The Balaban J connectivity index is 1.12. The zero-order chi connectivity index (χ0) is 26.9. The number of hydrogen-bond donors (Lipinski definition) is 3. The molecule has 10 atom stereocenters. The molecule has 210 valence electrons. The lowest BCUT2D eigenvalue weighted by atomic mass is 9.43. The van der Waals surface area contributed by atoms with Crippen LogP contribution in [0.15, 0.2) is 36.4 Å². The normalized spacial score (nSPS) is 41.1. The summed E-state index contributed by atoms with van der Waals surface area (Å²) in [6.45, 7) is 8.25. The van der Waals surface area contributed by atoms with E-state index >= 15 is 0 Å². The summed E-state index contributed by atoms with van der Waals surface area (Å²) < 4.78 is 5.33. The first kappa shape index (κ1) is 27.7. The minimum atomic E-state index is -0.350. The first-order valence-corrected chi connectivity index (χ1v) is 15.2. The van der Waals surface area contributed by atoms with E-state index in [1.807, 2.05) is 42.5 Å². The molecule has 3 N–H and O–H groups in total. The lowest BCUT2D eigenvalue weighted by Gasteiger charge is -2.62. The molecule has 5 rings (SSSR count). The van der Waals surface area contributed by atoms with Crippen molar-refractivity contribution in [2.45, 2.75) is 90.8 Å². The van der Waals surface area contributed by atoms with Crippen LogP contribution >= 0.6 is 0 Å². The SMILES string of the molecule is C[C@H](CCNC(=O)OCC=Cc1ccccc1)[C@H]1CCC2C3C(CC[C@@]21C)[C@@]1(C)CC[C@@H](O)CC1C[C@H]3O. The number of alkyl carbamates (subject to hydrolysis) is 1. The molecule has 5 nitrogen and oxygen atoms in total. The summed E-state index contributed by atoms with van der Waals surface area (Å²) in [5.74, 6) is 3.19. The lowest BCUT2D eigenvalue weighted by Crippen LogP contribution is -2.58. The number of nitrogens with one attached hydrogen (secondary N) is 1. The van der Waals surface area contributed by atoms with Gasteiger partial charge in [0, 0.05) is 6.54 Å². The summed E-state index contributed by atoms with van der Waals surface area (Å²) in [6.07, 6.45) is 12.7. The van der Waals surface area contributed by atoms with Crippen LogP contribution in [0, 0.1) is 46.3 Å². The van der Waals surface area contributed by atoms with Crippen LogP contribution < -0.4 is 5.32 Å². The molecule has 0 aromatic heterocycles. The Morgan fingerprint density at radius 1 is 1.05 bits per heavy atom. The molecule has 0 heterocycles. The molecule has 0 aliphatic heterocycles. The maximum atomic E-state index is 12.2. The monoisotopic (exact) mass is 523 g/mol. The maximum Gasteiger partial charge on any atom is 0.407 e. The van der Waals surface area contributed by atoms with Crippen LogP contribution in [0.3, 0.4) is 0 Å². The number of amides is 1. The molecule has 4 saturated carbocycles. The molecule has 4 unspecified atom stereocenters. The number of aliphatic hydroxyl groups is 2. The largest absolute Gasteiger partial charge is 0.445 e. The van der Waals surface area contributed by atoms with Crippen LogP contribution in [-0.4, -0.2) is 41.7 Å². The zero-order valence-corrected chi connectivity index (χ0v) is 23.6. The van der Waals surface area contributed by atoms with Gasteiger partial charge in [0.2, 0.25) is 0 Å². The van der Waals surface area contributed by atoms with E-state index in [2.05, 4.69) is 26.1 Å². The van der Waals surface area contributed by atoms with E-state index in [0.29, 0.717) is 42.1 Å². The summed E-state index contributed by atoms with van der Waals surface area (Å²) in [4.78, 5) is 12.2. The second kappa shape index (κ2) is 11.3. The summed E-state index contributed by atoms with van der Waals surface area (Å²) >= 11 is 0. The maximum absolute atomic E-state index is 12.2. The molecule has 1 aromatic rings. The smallest absolute Gasteiger partial charge is 0.407 e. The van der Waals surface area contributed by atoms with Crippen LogP contribution in [0.4, 0.5) is 4.79 Å². The highest BCUT2D eigenvalue weighted by atomic mass is 16.5. The summed E-state index contributed by atoms with van der Waals surface area (Å²) in [6, 6.07) is 10.00. The van der Waals surface area contributed by atoms with Gasteiger partial charge in [-0.3, -0.25) is 0 Å². The molecular weight excluding hydrogens is 474 g/mol. The highest BCUT2D eigenvalue weighted by molar-refractivity contribution is 5.67. The molecule has 1 aromatic carbocycles. The van der Waals surface area contributed by atoms with Crippen LogP contribution in [0.2, 0.25) is 0 Å². The van der Waals surface area contributed by atoms with Crippen LogP contribution in [0.25, 0.3) is 6.08 Å². The minimum absolute atomic E-state index is 0.181. The van der Waals surface area contributed by atoms with Crippen molar-refractivity contribution in [1.82, 2.24) is 5.32 Å². The standard InChI is InChI=1S/C33H49NO4/c1-22(15-18-34-31(37)38-19-7-10-23-8-5-4-6-9-23)26-11-12-27-30-28(14-17-33(26,27)3)32(2)16-13-25(35)20-24(32)21-29(30)36/h4-10,22,24-30,35-36H,11-21H2,1-3H3,(H,34,37)/t22-,24?,25-,26-,27?,28?,29-,30?,32+,33-/m1/s1. The number of fused-ring (bicyclic) bond motifs is 5. The Morgan fingerprint density at radius 3 is 2.58 bits per heavy atom. The molecular formula is C33H49NO4. The number of rotatable bonds is 7. The Kier molecular flexibility index (Phi) is 8.26. The van der Waals surface area contributed by atoms with Gasteiger partial charge in [-0.1, -0.05) is 57.2 Å². The first-order chi connectivity index (χ1) is 18.2. The van der Waals surface area contributed by atoms with Gasteiger partial charge in [0.25, 0.3) is 0 Å². The predicted octanol–water partition coefficient (Wildman–Crippen LogP) is 6.44. The summed E-state index contributed by atoms with van der Waals surface area (Å²) in [5, 5.41) is 24.7. The van der Waals surface area contributed by atoms with Crippen LogP contribution in [0.5, 0.6) is 0 Å². The molecule has 0 spiro atoms. The van der Waals surface area contributed by atoms with Gasteiger partial charge in [0.1, 0.15) is 6.61 Å². The quantitative estimate of drug-likeness (QED) is 0.384. The van der Waals surface area contributed by atoms with Crippen molar-refractivity contribution in [2.75, 3.05) is 13.2 Å². The van der Waals surface area contributed by atoms with E-state index in [9.17, 15) is 15.0 Å². The van der Waals surface area contributed by atoms with E-state index in [1.54, 1.807) is 0 Å². The molecule has 4 aliphatic carbocycles. The van der Waals surface area contributed by atoms with Crippen LogP contribution in [-0.2, 0) is 4.74 Å². The number of aliphatic hydroxyl groups excluding tert-OH is 2. The number of carbonyl (C=O) groups is 1. The molecule has 0 saturated heterocycles. The third-order valence-electron chi connectivity index (χ3n) is 11.7. The second-order valence-corrected chi connectivity index (χ2v) is 13.6. The van der Waals surface area contributed by atoms with Gasteiger partial charge in [0.05, 0.1) is 12.2 Å². The Hall–Kier alpha value is -1.85. The molecule has 0 radical (unpaired) electrons.